The monoisotopic (exact) mass is 733 g/mol. The molecule has 0 aromatic carbocycles. The fraction of sp³-hybridized carbons (Fsp3) is 0.500. The zero-order chi connectivity index (χ0) is 34.9. The van der Waals surface area contributed by atoms with Gasteiger partial charge < -0.3 is 20.7 Å². The number of hydrogen-bond acceptors (Lipinski definition) is 6. The second-order valence-electron chi connectivity index (χ2n) is 10.7. The summed E-state index contributed by atoms with van der Waals surface area (Å²) in [4.78, 5) is 13.6. The number of isothiocyanates is 3. The zero-order valence-corrected chi connectivity index (χ0v) is 32.2. The number of quaternary nitrogens is 1. The van der Waals surface area contributed by atoms with Gasteiger partial charge in [-0.25, -0.2) is 0 Å². The van der Waals surface area contributed by atoms with Gasteiger partial charge in [-0.2, -0.15) is 15.5 Å². The van der Waals surface area contributed by atoms with Crippen LogP contribution in [0.2, 0.25) is 0 Å². The Kier molecular flexibility index (Phi) is 34.5. The fourth-order valence-corrected chi connectivity index (χ4v) is 5.01. The molecular weight excluding hydrogens is 682 g/mol. The molecule has 3 rings (SSSR count). The van der Waals surface area contributed by atoms with E-state index < -0.39 is 5.41 Å². The van der Waals surface area contributed by atoms with Gasteiger partial charge in [-0.1, -0.05) is 108 Å². The van der Waals surface area contributed by atoms with Crippen LogP contribution in [0.3, 0.4) is 0 Å². The third-order valence-corrected chi connectivity index (χ3v) is 7.48. The Morgan fingerprint density at radius 2 is 0.787 bits per heavy atom. The van der Waals surface area contributed by atoms with Gasteiger partial charge in [-0.05, 0) is 69.0 Å². The van der Waals surface area contributed by atoms with E-state index in [2.05, 4.69) is 86.2 Å². The van der Waals surface area contributed by atoms with E-state index in [0.717, 1.165) is 17.1 Å². The third kappa shape index (κ3) is 21.0. The number of unbranched alkanes of at least 4 members (excludes halogenated alkanes) is 4. The molecule has 0 atom stereocenters. The van der Waals surface area contributed by atoms with E-state index in [1.807, 2.05) is 54.6 Å². The van der Waals surface area contributed by atoms with E-state index in [1.165, 1.54) is 97.5 Å². The van der Waals surface area contributed by atoms with Crippen LogP contribution in [0, 0.1) is 0 Å². The van der Waals surface area contributed by atoms with Gasteiger partial charge in [0.15, 0.2) is 0 Å². The molecule has 0 fully saturated rings. The van der Waals surface area contributed by atoms with E-state index in [4.69, 9.17) is 16.2 Å². The van der Waals surface area contributed by atoms with Crippen LogP contribution in [-0.2, 0) is 22.5 Å². The van der Waals surface area contributed by atoms with Gasteiger partial charge in [0.2, 0.25) is 0 Å². The predicted molar refractivity (Wildman–Crippen MR) is 205 cm³/mol. The van der Waals surface area contributed by atoms with Crippen LogP contribution < -0.4 is 0 Å². The quantitative estimate of drug-likeness (QED) is 0.0666. The van der Waals surface area contributed by atoms with Crippen molar-refractivity contribution in [3.8, 4) is 0 Å². The number of rotatable bonds is 15. The van der Waals surface area contributed by atoms with E-state index in [0.29, 0.717) is 0 Å². The molecule has 3 heterocycles. The summed E-state index contributed by atoms with van der Waals surface area (Å²) in [7, 11) is 0. The van der Waals surface area contributed by atoms with Gasteiger partial charge in [0.1, 0.15) is 0 Å². The first kappa shape index (κ1) is 48.7. The zero-order valence-electron chi connectivity index (χ0n) is 28.6. The van der Waals surface area contributed by atoms with Gasteiger partial charge in [-0.3, -0.25) is 15.0 Å². The molecule has 0 saturated carbocycles. The van der Waals surface area contributed by atoms with Crippen molar-refractivity contribution in [2.45, 2.75) is 91.4 Å². The summed E-state index contributed by atoms with van der Waals surface area (Å²) in [5.74, 6) is 0. The minimum Gasteiger partial charge on any atom is -0.753 e. The molecule has 0 amide bonds. The molecule has 0 aliphatic heterocycles. The first-order chi connectivity index (χ1) is 22.3. The van der Waals surface area contributed by atoms with Crippen molar-refractivity contribution >= 4 is 52.1 Å². The molecule has 0 bridgehead atoms. The third-order valence-electron chi connectivity index (χ3n) is 7.48. The number of thiocarbonyl (C=S) groups is 3. The summed E-state index contributed by atoms with van der Waals surface area (Å²) in [5.41, 5.74) is 2.37. The maximum absolute atomic E-state index is 7.13. The summed E-state index contributed by atoms with van der Waals surface area (Å²) >= 11 is 11.1. The van der Waals surface area contributed by atoms with Crippen molar-refractivity contribution in [2.24, 2.45) is 0 Å². The summed E-state index contributed by atoms with van der Waals surface area (Å²) in [6.45, 7) is 17.1. The predicted octanol–water partition coefficient (Wildman–Crippen LogP) is 10.2. The minimum absolute atomic E-state index is 0. The largest absolute Gasteiger partial charge is 2.00 e. The van der Waals surface area contributed by atoms with Crippen molar-refractivity contribution in [3.05, 3.63) is 106 Å². The smallest absolute Gasteiger partial charge is 0.753 e. The van der Waals surface area contributed by atoms with Crippen LogP contribution in [0.4, 0.5) is 0 Å². The maximum atomic E-state index is 7.13. The summed E-state index contributed by atoms with van der Waals surface area (Å²) in [5, 5.41) is 25.4. The Morgan fingerprint density at radius 1 is 0.553 bits per heavy atom. The van der Waals surface area contributed by atoms with E-state index >= 15 is 0 Å². The van der Waals surface area contributed by atoms with Crippen LogP contribution >= 0.6 is 36.7 Å². The summed E-state index contributed by atoms with van der Waals surface area (Å²) in [6, 6.07) is 17.8. The Balaban J connectivity index is -0.000000653. The average molecular weight is 734 g/mol. The topological polar surface area (TPSA) is 106 Å². The second-order valence-corrected chi connectivity index (χ2v) is 11.2. The van der Waals surface area contributed by atoms with E-state index in [9.17, 15) is 0 Å². The maximum Gasteiger partial charge on any atom is 2.00 e. The molecule has 0 aliphatic carbocycles. The molecule has 256 valence electrons. The molecule has 0 aliphatic rings. The van der Waals surface area contributed by atoms with Crippen molar-refractivity contribution in [3.63, 3.8) is 0 Å². The van der Waals surface area contributed by atoms with Crippen molar-refractivity contribution in [2.75, 3.05) is 26.2 Å². The van der Waals surface area contributed by atoms with Gasteiger partial charge in [0.25, 0.3) is 0 Å². The van der Waals surface area contributed by atoms with Crippen molar-refractivity contribution in [1.29, 1.82) is 0 Å². The van der Waals surface area contributed by atoms with Crippen LogP contribution in [0.25, 0.3) is 16.2 Å². The minimum atomic E-state index is -0.455. The van der Waals surface area contributed by atoms with Crippen LogP contribution in [0.5, 0.6) is 0 Å². The Bertz CT molecular complexity index is 1070. The molecule has 0 unspecified atom stereocenters. The summed E-state index contributed by atoms with van der Waals surface area (Å²) in [6.07, 6.45) is 16.5. The van der Waals surface area contributed by atoms with Gasteiger partial charge in [0, 0.05) is 18.6 Å². The molecule has 3 aromatic rings. The molecule has 3 aromatic heterocycles. The number of nitrogens with zero attached hydrogens (tertiary/aromatic N) is 7. The first-order valence-corrected chi connectivity index (χ1v) is 17.2. The van der Waals surface area contributed by atoms with E-state index in [1.54, 1.807) is 18.6 Å². The number of aromatic nitrogens is 3. The van der Waals surface area contributed by atoms with Crippen LogP contribution in [-0.4, -0.2) is 61.1 Å². The Hall–Kier alpha value is -2.67. The van der Waals surface area contributed by atoms with Gasteiger partial charge in [-0.15, -0.1) is 0 Å². The standard InChI is InChI=1S/C17H15N3.C16H36N.3CNS.Fe/c1-17(14-8-2-5-11-18-14,15-9-3-6-12-19-15)16-10-4-7-13-20-16;1-5-9-13-17(14-10-6-2,15-11-7-3)16-12-8-4;3*2-1-3;/h2-13H,1H3;5-16H2,1-4H3;;;;/q;+1;3*-1;+2. The molecule has 7 nitrogen and oxygen atoms in total. The Morgan fingerprint density at radius 3 is 0.957 bits per heavy atom. The molecule has 0 N–H and O–H groups in total. The van der Waals surface area contributed by atoms with Crippen LogP contribution in [0.15, 0.2) is 73.2 Å². The molecule has 0 spiro atoms. The Labute approximate surface area is 311 Å². The average Bonchev–Trinajstić information content (AvgIpc) is 3.10. The SMILES string of the molecule is CC(c1ccccn1)(c1ccccn1)c1ccccn1.CCCC[N+](CCCC)(CCCC)CCCC.[Fe+2].[N-]=C=S.[N-]=C=S.[N-]=C=S. The summed E-state index contributed by atoms with van der Waals surface area (Å²) < 4.78 is 1.42. The molecule has 0 saturated heterocycles. The van der Waals surface area contributed by atoms with Gasteiger partial charge >= 0.3 is 17.1 Å². The molecule has 11 heteroatoms. The molecule has 47 heavy (non-hydrogen) atoms. The second kappa shape index (κ2) is 33.2. The van der Waals surface area contributed by atoms with Crippen LogP contribution in [0.1, 0.15) is 103 Å². The van der Waals surface area contributed by atoms with E-state index in [-0.39, 0.29) is 17.1 Å². The first-order valence-electron chi connectivity index (χ1n) is 15.9. The van der Waals surface area contributed by atoms with Gasteiger partial charge in [0.05, 0.1) is 48.7 Å². The number of pyridine rings is 3. The van der Waals surface area contributed by atoms with Crippen molar-refractivity contribution in [1.82, 2.24) is 15.0 Å². The van der Waals surface area contributed by atoms with Crippen molar-refractivity contribution < 1.29 is 21.6 Å². The fourth-order valence-electron chi connectivity index (χ4n) is 5.01. The molecule has 0 radical (unpaired) electrons. The normalized spacial score (nSPS) is 9.64. The number of hydrogen-bond donors (Lipinski definition) is 0. The molecular formula is C36H51FeN7S3.